The number of fused-ring (bicyclic) bond motifs is 1. The van der Waals surface area contributed by atoms with Gasteiger partial charge in [0, 0.05) is 15.4 Å². The van der Waals surface area contributed by atoms with E-state index in [9.17, 15) is 13.2 Å². The van der Waals surface area contributed by atoms with Gasteiger partial charge in [0.2, 0.25) is 0 Å². The fourth-order valence-corrected chi connectivity index (χ4v) is 4.88. The molecule has 0 fully saturated rings. The minimum absolute atomic E-state index is 0.0483. The van der Waals surface area contributed by atoms with Gasteiger partial charge in [0.25, 0.3) is 6.47 Å². The first kappa shape index (κ1) is 19.4. The molecule has 0 unspecified atom stereocenters. The molecule has 0 radical (unpaired) electrons. The van der Waals surface area contributed by atoms with E-state index in [0.717, 1.165) is 15.2 Å². The van der Waals surface area contributed by atoms with Crippen LogP contribution in [0.1, 0.15) is 11.1 Å². The Bertz CT molecular complexity index is 1080. The molecule has 0 aliphatic carbocycles. The monoisotopic (exact) mass is 448 g/mol. The lowest BCUT2D eigenvalue weighted by atomic mass is 9.99. The second-order valence-corrected chi connectivity index (χ2v) is 8.70. The zero-order valence-electron chi connectivity index (χ0n) is 14.5. The molecule has 3 aromatic rings. The third-order valence-corrected chi connectivity index (χ3v) is 6.63. The summed E-state index contributed by atoms with van der Waals surface area (Å²) in [5, 5.41) is 1.56. The first-order valence-electron chi connectivity index (χ1n) is 8.08. The standard InChI is InChI=1S/C20H17BrO5S/c1-25-19-10-9-18(21)16-8-7-14(17(20(16)19)11-26-13-22)12-27(23,24)15-5-3-2-4-6-15/h2-10,13H,11-12H2,1H3. The second-order valence-electron chi connectivity index (χ2n) is 5.85. The van der Waals surface area contributed by atoms with E-state index < -0.39 is 9.84 Å². The predicted molar refractivity (Wildman–Crippen MR) is 106 cm³/mol. The number of sulfone groups is 1. The molecule has 0 heterocycles. The maximum Gasteiger partial charge on any atom is 0.293 e. The van der Waals surface area contributed by atoms with Crippen LogP contribution in [0.2, 0.25) is 0 Å². The van der Waals surface area contributed by atoms with Gasteiger partial charge in [0.15, 0.2) is 9.84 Å². The van der Waals surface area contributed by atoms with Gasteiger partial charge in [-0.05, 0) is 35.2 Å². The Kier molecular flexibility index (Phi) is 5.82. The Morgan fingerprint density at radius 3 is 2.44 bits per heavy atom. The van der Waals surface area contributed by atoms with E-state index in [0.29, 0.717) is 23.3 Å². The van der Waals surface area contributed by atoms with Crippen molar-refractivity contribution in [1.82, 2.24) is 0 Å². The van der Waals surface area contributed by atoms with Gasteiger partial charge in [-0.15, -0.1) is 0 Å². The lowest BCUT2D eigenvalue weighted by Gasteiger charge is -2.16. The van der Waals surface area contributed by atoms with Crippen LogP contribution in [-0.2, 0) is 31.7 Å². The average Bonchev–Trinajstić information content (AvgIpc) is 2.68. The highest BCUT2D eigenvalue weighted by atomic mass is 79.9. The highest BCUT2D eigenvalue weighted by molar-refractivity contribution is 9.10. The summed E-state index contributed by atoms with van der Waals surface area (Å²) >= 11 is 3.50. The van der Waals surface area contributed by atoms with Crippen molar-refractivity contribution in [2.45, 2.75) is 17.3 Å². The highest BCUT2D eigenvalue weighted by Crippen LogP contribution is 2.37. The fourth-order valence-electron chi connectivity index (χ4n) is 3.00. The minimum Gasteiger partial charge on any atom is -0.496 e. The lowest BCUT2D eigenvalue weighted by molar-refractivity contribution is -0.129. The van der Waals surface area contributed by atoms with Gasteiger partial charge in [-0.1, -0.05) is 46.3 Å². The highest BCUT2D eigenvalue weighted by Gasteiger charge is 2.21. The van der Waals surface area contributed by atoms with Crippen LogP contribution in [0.25, 0.3) is 10.8 Å². The van der Waals surface area contributed by atoms with E-state index in [4.69, 9.17) is 9.47 Å². The van der Waals surface area contributed by atoms with Crippen LogP contribution in [0.5, 0.6) is 5.75 Å². The van der Waals surface area contributed by atoms with Crippen LogP contribution in [-0.4, -0.2) is 22.0 Å². The Morgan fingerprint density at radius 1 is 1.04 bits per heavy atom. The Labute approximate surface area is 166 Å². The first-order chi connectivity index (χ1) is 13.0. The SMILES string of the molecule is COc1ccc(Br)c2ccc(CS(=O)(=O)c3ccccc3)c(COC=O)c12. The molecule has 7 heteroatoms. The smallest absolute Gasteiger partial charge is 0.293 e. The zero-order valence-corrected chi connectivity index (χ0v) is 16.9. The molecule has 0 bridgehead atoms. The van der Waals surface area contributed by atoms with Crippen molar-refractivity contribution in [3.8, 4) is 5.75 Å². The van der Waals surface area contributed by atoms with E-state index >= 15 is 0 Å². The molecule has 5 nitrogen and oxygen atoms in total. The summed E-state index contributed by atoms with van der Waals surface area (Å²) in [6, 6.07) is 15.5. The van der Waals surface area contributed by atoms with Gasteiger partial charge in [-0.3, -0.25) is 4.79 Å². The normalized spacial score (nSPS) is 11.3. The van der Waals surface area contributed by atoms with Crippen LogP contribution in [0, 0.1) is 0 Å². The molecule has 3 rings (SSSR count). The summed E-state index contributed by atoms with van der Waals surface area (Å²) in [4.78, 5) is 11.0. The van der Waals surface area contributed by atoms with Crippen molar-refractivity contribution < 1.29 is 22.7 Å². The number of benzene rings is 3. The molecule has 27 heavy (non-hydrogen) atoms. The summed E-state index contributed by atoms with van der Waals surface area (Å²) in [5.41, 5.74) is 1.17. The van der Waals surface area contributed by atoms with Crippen LogP contribution >= 0.6 is 15.9 Å². The maximum absolute atomic E-state index is 12.8. The molecule has 0 aromatic heterocycles. The number of carbonyl (C=O) groups excluding carboxylic acids is 1. The molecule has 0 saturated heterocycles. The van der Waals surface area contributed by atoms with E-state index in [1.165, 1.54) is 0 Å². The van der Waals surface area contributed by atoms with E-state index in [1.54, 1.807) is 49.6 Å². The molecule has 0 N–H and O–H groups in total. The van der Waals surface area contributed by atoms with Gasteiger partial charge in [0.1, 0.15) is 12.4 Å². The topological polar surface area (TPSA) is 69.7 Å². The van der Waals surface area contributed by atoms with Crippen molar-refractivity contribution in [3.05, 3.63) is 70.2 Å². The van der Waals surface area contributed by atoms with Gasteiger partial charge in [0.05, 0.1) is 17.8 Å². The van der Waals surface area contributed by atoms with Crippen molar-refractivity contribution in [2.24, 2.45) is 0 Å². The van der Waals surface area contributed by atoms with E-state index in [2.05, 4.69) is 15.9 Å². The summed E-state index contributed by atoms with van der Waals surface area (Å²) in [6.45, 7) is 0.298. The van der Waals surface area contributed by atoms with Crippen LogP contribution < -0.4 is 4.74 Å². The molecular formula is C20H17BrO5S. The molecule has 0 saturated carbocycles. The van der Waals surface area contributed by atoms with Crippen molar-refractivity contribution >= 4 is 43.0 Å². The van der Waals surface area contributed by atoms with Gasteiger partial charge >= 0.3 is 0 Å². The second kappa shape index (κ2) is 8.10. The number of hydrogen-bond acceptors (Lipinski definition) is 5. The average molecular weight is 449 g/mol. The van der Waals surface area contributed by atoms with E-state index in [1.807, 2.05) is 12.1 Å². The third kappa shape index (κ3) is 3.99. The van der Waals surface area contributed by atoms with Gasteiger partial charge in [-0.2, -0.15) is 0 Å². The summed E-state index contributed by atoms with van der Waals surface area (Å²) in [5.74, 6) is 0.372. The number of rotatable bonds is 7. The number of ether oxygens (including phenoxy) is 2. The molecule has 0 amide bonds. The number of methoxy groups -OCH3 is 1. The maximum atomic E-state index is 12.8. The van der Waals surface area contributed by atoms with E-state index in [-0.39, 0.29) is 17.3 Å². The number of carbonyl (C=O) groups is 1. The Hall–Kier alpha value is -2.38. The minimum atomic E-state index is -3.56. The number of hydrogen-bond donors (Lipinski definition) is 0. The largest absolute Gasteiger partial charge is 0.496 e. The molecule has 0 aliphatic rings. The molecular weight excluding hydrogens is 432 g/mol. The summed E-state index contributed by atoms with van der Waals surface area (Å²) in [6.07, 6.45) is 0. The predicted octanol–water partition coefficient (Wildman–Crippen LogP) is 4.26. The first-order valence-corrected chi connectivity index (χ1v) is 10.5. The lowest BCUT2D eigenvalue weighted by Crippen LogP contribution is -2.08. The quantitative estimate of drug-likeness (QED) is 0.505. The Morgan fingerprint density at radius 2 is 1.78 bits per heavy atom. The zero-order chi connectivity index (χ0) is 19.4. The molecule has 3 aromatic carbocycles. The van der Waals surface area contributed by atoms with Crippen LogP contribution in [0.15, 0.2) is 64.0 Å². The Balaban J connectivity index is 2.19. The van der Waals surface area contributed by atoms with Crippen LogP contribution in [0.4, 0.5) is 0 Å². The summed E-state index contributed by atoms with van der Waals surface area (Å²) in [7, 11) is -2.01. The van der Waals surface area contributed by atoms with Crippen molar-refractivity contribution in [3.63, 3.8) is 0 Å². The third-order valence-electron chi connectivity index (χ3n) is 4.26. The van der Waals surface area contributed by atoms with Crippen LogP contribution in [0.3, 0.4) is 0 Å². The van der Waals surface area contributed by atoms with Crippen molar-refractivity contribution in [2.75, 3.05) is 7.11 Å². The molecule has 0 aliphatic heterocycles. The van der Waals surface area contributed by atoms with Crippen molar-refractivity contribution in [1.29, 1.82) is 0 Å². The van der Waals surface area contributed by atoms with Gasteiger partial charge in [-0.25, -0.2) is 8.42 Å². The molecule has 140 valence electrons. The van der Waals surface area contributed by atoms with Gasteiger partial charge < -0.3 is 9.47 Å². The number of halogens is 1. The summed E-state index contributed by atoms with van der Waals surface area (Å²) < 4.78 is 36.9. The fraction of sp³-hybridized carbons (Fsp3) is 0.150. The molecule has 0 spiro atoms. The molecule has 0 atom stereocenters.